The summed E-state index contributed by atoms with van der Waals surface area (Å²) in [5, 5.41) is 6.85. The van der Waals surface area contributed by atoms with Crippen molar-refractivity contribution in [3.05, 3.63) is 77.6 Å². The van der Waals surface area contributed by atoms with Gasteiger partial charge in [-0.25, -0.2) is 17.8 Å². The molecule has 0 aliphatic rings. The zero-order valence-electron chi connectivity index (χ0n) is 15.7. The number of hydrogen-bond acceptors (Lipinski definition) is 4. The first kappa shape index (κ1) is 19.8. The predicted molar refractivity (Wildman–Crippen MR) is 107 cm³/mol. The maximum atomic E-state index is 12.4. The highest BCUT2D eigenvalue weighted by Crippen LogP contribution is 2.16. The normalized spacial score (nSPS) is 11.4. The van der Waals surface area contributed by atoms with Gasteiger partial charge in [0, 0.05) is 31.0 Å². The first-order valence-electron chi connectivity index (χ1n) is 8.82. The lowest BCUT2D eigenvalue weighted by molar-refractivity contribution is 0.0954. The van der Waals surface area contributed by atoms with Crippen LogP contribution in [0.25, 0.3) is 5.69 Å². The van der Waals surface area contributed by atoms with Gasteiger partial charge in [0.1, 0.15) is 0 Å². The van der Waals surface area contributed by atoms with Gasteiger partial charge in [0.15, 0.2) is 0 Å². The molecule has 0 saturated heterocycles. The number of hydrogen-bond donors (Lipinski definition) is 2. The quantitative estimate of drug-likeness (QED) is 0.597. The minimum absolute atomic E-state index is 0.104. The Balaban J connectivity index is 1.53. The van der Waals surface area contributed by atoms with E-state index in [1.165, 1.54) is 0 Å². The average molecular weight is 398 g/mol. The lowest BCUT2D eigenvalue weighted by Crippen LogP contribution is -2.35. The summed E-state index contributed by atoms with van der Waals surface area (Å²) in [6, 6.07) is 14.1. The molecule has 0 radical (unpaired) electrons. The van der Waals surface area contributed by atoms with Crippen LogP contribution in [0.4, 0.5) is 0 Å². The first-order valence-corrected chi connectivity index (χ1v) is 10.3. The Morgan fingerprint density at radius 3 is 2.50 bits per heavy atom. The Kier molecular flexibility index (Phi) is 5.91. The van der Waals surface area contributed by atoms with Gasteiger partial charge in [-0.15, -0.1) is 0 Å². The second kappa shape index (κ2) is 8.37. The van der Waals surface area contributed by atoms with Crippen molar-refractivity contribution in [2.75, 3.05) is 13.1 Å². The summed E-state index contributed by atoms with van der Waals surface area (Å²) in [6.45, 7) is 3.88. The molecule has 28 heavy (non-hydrogen) atoms. The van der Waals surface area contributed by atoms with Crippen molar-refractivity contribution >= 4 is 15.9 Å². The van der Waals surface area contributed by atoms with E-state index in [0.29, 0.717) is 11.1 Å². The lowest BCUT2D eigenvalue weighted by atomic mass is 10.2. The van der Waals surface area contributed by atoms with Crippen molar-refractivity contribution in [1.82, 2.24) is 19.8 Å². The van der Waals surface area contributed by atoms with Crippen LogP contribution in [0.5, 0.6) is 0 Å². The molecular weight excluding hydrogens is 376 g/mol. The summed E-state index contributed by atoms with van der Waals surface area (Å²) < 4.78 is 29.1. The first-order chi connectivity index (χ1) is 13.4. The topological polar surface area (TPSA) is 93.1 Å². The smallest absolute Gasteiger partial charge is 0.251 e. The molecule has 3 aromatic rings. The molecule has 1 aromatic heterocycles. The third kappa shape index (κ3) is 4.65. The third-order valence-corrected chi connectivity index (χ3v) is 5.84. The Morgan fingerprint density at radius 1 is 1.07 bits per heavy atom. The molecule has 1 heterocycles. The summed E-state index contributed by atoms with van der Waals surface area (Å²) in [5.74, 6) is -0.266. The molecule has 2 N–H and O–H groups in total. The highest BCUT2D eigenvalue weighted by molar-refractivity contribution is 7.89. The summed E-state index contributed by atoms with van der Waals surface area (Å²) >= 11 is 0. The summed E-state index contributed by atoms with van der Waals surface area (Å²) in [7, 11) is -3.62. The van der Waals surface area contributed by atoms with E-state index >= 15 is 0 Å². The number of carbonyl (C=O) groups excluding carboxylic acids is 1. The molecule has 0 fully saturated rings. The van der Waals surface area contributed by atoms with Crippen molar-refractivity contribution in [2.24, 2.45) is 0 Å². The number of aryl methyl sites for hydroxylation is 2. The third-order valence-electron chi connectivity index (χ3n) is 4.23. The number of aromatic nitrogens is 2. The minimum Gasteiger partial charge on any atom is -0.351 e. The highest BCUT2D eigenvalue weighted by atomic mass is 32.2. The Morgan fingerprint density at radius 2 is 1.82 bits per heavy atom. The Labute approximate surface area is 164 Å². The van der Waals surface area contributed by atoms with Gasteiger partial charge in [0.2, 0.25) is 10.0 Å². The largest absolute Gasteiger partial charge is 0.351 e. The maximum absolute atomic E-state index is 12.4. The molecule has 0 bridgehead atoms. The second-order valence-electron chi connectivity index (χ2n) is 6.42. The molecule has 146 valence electrons. The van der Waals surface area contributed by atoms with Gasteiger partial charge in [-0.1, -0.05) is 12.1 Å². The number of nitrogens with zero attached hydrogens (tertiary/aromatic N) is 2. The van der Waals surface area contributed by atoms with Gasteiger partial charge in [-0.2, -0.15) is 5.10 Å². The molecular formula is C20H22N4O3S. The van der Waals surface area contributed by atoms with E-state index in [4.69, 9.17) is 0 Å². The maximum Gasteiger partial charge on any atom is 0.251 e. The fourth-order valence-electron chi connectivity index (χ4n) is 2.73. The van der Waals surface area contributed by atoms with Crippen LogP contribution in [-0.4, -0.2) is 37.2 Å². The Hall–Kier alpha value is -2.97. The van der Waals surface area contributed by atoms with Gasteiger partial charge in [0.05, 0.1) is 10.6 Å². The van der Waals surface area contributed by atoms with Gasteiger partial charge < -0.3 is 5.32 Å². The van der Waals surface area contributed by atoms with Gasteiger partial charge in [0.25, 0.3) is 5.91 Å². The monoisotopic (exact) mass is 398 g/mol. The summed E-state index contributed by atoms with van der Waals surface area (Å²) in [5.41, 5.74) is 2.90. The van der Waals surface area contributed by atoms with E-state index in [0.717, 1.165) is 11.3 Å². The van der Waals surface area contributed by atoms with Crippen molar-refractivity contribution in [2.45, 2.75) is 18.7 Å². The molecule has 0 atom stereocenters. The van der Waals surface area contributed by atoms with Gasteiger partial charge in [-0.05, 0) is 61.4 Å². The predicted octanol–water partition coefficient (Wildman–Crippen LogP) is 2.20. The fourth-order valence-corrected chi connectivity index (χ4v) is 4.08. The van der Waals surface area contributed by atoms with Crippen molar-refractivity contribution in [3.8, 4) is 5.69 Å². The van der Waals surface area contributed by atoms with E-state index < -0.39 is 10.0 Å². The number of rotatable bonds is 7. The van der Waals surface area contributed by atoms with Crippen molar-refractivity contribution < 1.29 is 13.2 Å². The van der Waals surface area contributed by atoms with E-state index in [1.54, 1.807) is 54.2 Å². The number of benzene rings is 2. The number of sulfonamides is 1. The summed E-state index contributed by atoms with van der Waals surface area (Å²) in [6.07, 6.45) is 3.50. The van der Waals surface area contributed by atoms with Crippen LogP contribution in [0.1, 0.15) is 21.5 Å². The van der Waals surface area contributed by atoms with E-state index in [9.17, 15) is 13.2 Å². The van der Waals surface area contributed by atoms with Crippen LogP contribution < -0.4 is 10.0 Å². The molecule has 8 heteroatoms. The standard InChI is InChI=1S/C20H22N4O3S/c1-15-4-5-16(2)19(14-15)28(26,27)23-12-11-21-20(25)17-6-8-18(9-7-17)24-13-3-10-22-24/h3-10,13-14,23H,11-12H2,1-2H3,(H,21,25). The van der Waals surface area contributed by atoms with E-state index in [-0.39, 0.29) is 23.9 Å². The molecule has 2 aromatic carbocycles. The van der Waals surface area contributed by atoms with Crippen LogP contribution in [0.15, 0.2) is 65.8 Å². The number of carbonyl (C=O) groups is 1. The van der Waals surface area contributed by atoms with Crippen LogP contribution in [0, 0.1) is 13.8 Å². The summed E-state index contributed by atoms with van der Waals surface area (Å²) in [4.78, 5) is 12.5. The highest BCUT2D eigenvalue weighted by Gasteiger charge is 2.16. The molecule has 0 saturated carbocycles. The zero-order chi connectivity index (χ0) is 20.1. The molecule has 1 amide bonds. The lowest BCUT2D eigenvalue weighted by Gasteiger charge is -2.11. The molecule has 3 rings (SSSR count). The van der Waals surface area contributed by atoms with E-state index in [2.05, 4.69) is 15.1 Å². The number of amides is 1. The number of nitrogens with one attached hydrogen (secondary N) is 2. The Bertz CT molecular complexity index is 1060. The van der Waals surface area contributed by atoms with Crippen LogP contribution in [0.3, 0.4) is 0 Å². The SMILES string of the molecule is Cc1ccc(C)c(S(=O)(=O)NCCNC(=O)c2ccc(-n3cccn3)cc2)c1. The molecule has 0 unspecified atom stereocenters. The second-order valence-corrected chi connectivity index (χ2v) is 8.16. The van der Waals surface area contributed by atoms with Crippen LogP contribution >= 0.6 is 0 Å². The van der Waals surface area contributed by atoms with Crippen molar-refractivity contribution in [3.63, 3.8) is 0 Å². The average Bonchev–Trinajstić information content (AvgIpc) is 3.22. The molecule has 0 aliphatic carbocycles. The molecule has 0 spiro atoms. The van der Waals surface area contributed by atoms with Crippen molar-refractivity contribution in [1.29, 1.82) is 0 Å². The van der Waals surface area contributed by atoms with Crippen LogP contribution in [-0.2, 0) is 10.0 Å². The van der Waals surface area contributed by atoms with E-state index in [1.807, 2.05) is 25.3 Å². The molecule has 0 aliphatic heterocycles. The molecule has 7 nitrogen and oxygen atoms in total. The fraction of sp³-hybridized carbons (Fsp3) is 0.200. The van der Waals surface area contributed by atoms with Gasteiger partial charge in [-0.3, -0.25) is 4.79 Å². The van der Waals surface area contributed by atoms with Crippen LogP contribution in [0.2, 0.25) is 0 Å². The zero-order valence-corrected chi connectivity index (χ0v) is 16.5. The minimum atomic E-state index is -3.62. The van der Waals surface area contributed by atoms with Gasteiger partial charge >= 0.3 is 0 Å².